The zero-order valence-electron chi connectivity index (χ0n) is 9.55. The van der Waals surface area contributed by atoms with Crippen molar-refractivity contribution in [2.24, 2.45) is 0 Å². The molecule has 17 heavy (non-hydrogen) atoms. The summed E-state index contributed by atoms with van der Waals surface area (Å²) in [6.45, 7) is 1.99. The number of aryl methyl sites for hydroxylation is 1. The SMILES string of the molecule is CCc1cc(C(=O)Nc2ccccc2)ncn1. The first kappa shape index (κ1) is 11.3. The van der Waals surface area contributed by atoms with Gasteiger partial charge in [-0.15, -0.1) is 0 Å². The summed E-state index contributed by atoms with van der Waals surface area (Å²) in [5.41, 5.74) is 2.01. The number of rotatable bonds is 3. The van der Waals surface area contributed by atoms with Crippen LogP contribution in [0.3, 0.4) is 0 Å². The van der Waals surface area contributed by atoms with Crippen LogP contribution in [0.5, 0.6) is 0 Å². The molecule has 1 heterocycles. The Kier molecular flexibility index (Phi) is 3.45. The number of hydrogen-bond donors (Lipinski definition) is 1. The van der Waals surface area contributed by atoms with Gasteiger partial charge < -0.3 is 5.32 Å². The lowest BCUT2D eigenvalue weighted by Crippen LogP contribution is -2.14. The van der Waals surface area contributed by atoms with Crippen LogP contribution in [0.25, 0.3) is 0 Å². The highest BCUT2D eigenvalue weighted by Crippen LogP contribution is 2.07. The van der Waals surface area contributed by atoms with Crippen molar-refractivity contribution in [3.8, 4) is 0 Å². The fraction of sp³-hybridized carbons (Fsp3) is 0.154. The molecule has 0 unspecified atom stereocenters. The van der Waals surface area contributed by atoms with E-state index in [0.29, 0.717) is 5.69 Å². The summed E-state index contributed by atoms with van der Waals surface area (Å²) in [4.78, 5) is 19.9. The molecule has 0 fully saturated rings. The number of carbonyl (C=O) groups excluding carboxylic acids is 1. The van der Waals surface area contributed by atoms with Gasteiger partial charge in [-0.25, -0.2) is 9.97 Å². The minimum atomic E-state index is -0.215. The first-order chi connectivity index (χ1) is 8.29. The molecule has 2 rings (SSSR count). The van der Waals surface area contributed by atoms with Gasteiger partial charge >= 0.3 is 0 Å². The lowest BCUT2D eigenvalue weighted by atomic mass is 10.2. The van der Waals surface area contributed by atoms with Gasteiger partial charge in [0.05, 0.1) is 0 Å². The second-order valence-corrected chi connectivity index (χ2v) is 3.57. The summed E-state index contributed by atoms with van der Waals surface area (Å²) in [5.74, 6) is -0.215. The number of nitrogens with zero attached hydrogens (tertiary/aromatic N) is 2. The Bertz CT molecular complexity index is 511. The summed E-state index contributed by atoms with van der Waals surface area (Å²) in [6.07, 6.45) is 2.20. The van der Waals surface area contributed by atoms with Crippen LogP contribution in [-0.4, -0.2) is 15.9 Å². The van der Waals surface area contributed by atoms with Gasteiger partial charge in [0.2, 0.25) is 0 Å². The number of aromatic nitrogens is 2. The second-order valence-electron chi connectivity index (χ2n) is 3.57. The molecule has 0 aliphatic heterocycles. The Balaban J connectivity index is 2.14. The number of benzene rings is 1. The summed E-state index contributed by atoms with van der Waals surface area (Å²) in [6, 6.07) is 11.0. The molecule has 0 radical (unpaired) electrons. The van der Waals surface area contributed by atoms with E-state index in [2.05, 4.69) is 15.3 Å². The van der Waals surface area contributed by atoms with Crippen LogP contribution in [0.1, 0.15) is 23.1 Å². The Labute approximate surface area is 99.7 Å². The molecule has 0 atom stereocenters. The van der Waals surface area contributed by atoms with Crippen LogP contribution in [0.15, 0.2) is 42.7 Å². The largest absolute Gasteiger partial charge is 0.321 e. The third-order valence-corrected chi connectivity index (χ3v) is 2.35. The molecule has 2 aromatic rings. The van der Waals surface area contributed by atoms with Crippen LogP contribution in [0, 0.1) is 0 Å². The standard InChI is InChI=1S/C13H13N3O/c1-2-10-8-12(15-9-14-10)13(17)16-11-6-4-3-5-7-11/h3-9H,2H2,1H3,(H,16,17). The lowest BCUT2D eigenvalue weighted by Gasteiger charge is -2.04. The van der Waals surface area contributed by atoms with E-state index in [1.165, 1.54) is 6.33 Å². The van der Waals surface area contributed by atoms with E-state index in [4.69, 9.17) is 0 Å². The molecule has 0 aliphatic rings. The van der Waals surface area contributed by atoms with Gasteiger partial charge in [0.15, 0.2) is 0 Å². The van der Waals surface area contributed by atoms with Crippen LogP contribution in [0.2, 0.25) is 0 Å². The molecule has 1 amide bonds. The molecule has 1 aromatic carbocycles. The molecule has 4 nitrogen and oxygen atoms in total. The van der Waals surface area contributed by atoms with E-state index in [1.54, 1.807) is 6.07 Å². The second kappa shape index (κ2) is 5.21. The minimum Gasteiger partial charge on any atom is -0.321 e. The smallest absolute Gasteiger partial charge is 0.274 e. The van der Waals surface area contributed by atoms with Crippen molar-refractivity contribution in [2.45, 2.75) is 13.3 Å². The van der Waals surface area contributed by atoms with Crippen molar-refractivity contribution < 1.29 is 4.79 Å². The normalized spacial score (nSPS) is 9.94. The Hall–Kier alpha value is -2.23. The van der Waals surface area contributed by atoms with E-state index in [9.17, 15) is 4.79 Å². The quantitative estimate of drug-likeness (QED) is 0.875. The summed E-state index contributed by atoms with van der Waals surface area (Å²) < 4.78 is 0. The number of amides is 1. The molecule has 4 heteroatoms. The molecule has 0 bridgehead atoms. The highest BCUT2D eigenvalue weighted by atomic mass is 16.1. The van der Waals surface area contributed by atoms with Gasteiger partial charge in [0, 0.05) is 11.4 Å². The number of anilines is 1. The van der Waals surface area contributed by atoms with E-state index in [0.717, 1.165) is 17.8 Å². The summed E-state index contributed by atoms with van der Waals surface area (Å²) >= 11 is 0. The molecule has 0 saturated carbocycles. The van der Waals surface area contributed by atoms with Crippen LogP contribution < -0.4 is 5.32 Å². The van der Waals surface area contributed by atoms with Crippen molar-refractivity contribution in [1.82, 2.24) is 9.97 Å². The maximum atomic E-state index is 11.9. The van der Waals surface area contributed by atoms with Crippen molar-refractivity contribution in [3.05, 3.63) is 54.1 Å². The summed E-state index contributed by atoms with van der Waals surface area (Å²) in [5, 5.41) is 2.78. The zero-order valence-corrected chi connectivity index (χ0v) is 9.55. The monoisotopic (exact) mass is 227 g/mol. The number of hydrogen-bond acceptors (Lipinski definition) is 3. The molecule has 0 spiro atoms. The fourth-order valence-electron chi connectivity index (χ4n) is 1.43. The average molecular weight is 227 g/mol. The van der Waals surface area contributed by atoms with Crippen LogP contribution in [-0.2, 0) is 6.42 Å². The van der Waals surface area contributed by atoms with Crippen molar-refractivity contribution >= 4 is 11.6 Å². The molecular formula is C13H13N3O. The Morgan fingerprint density at radius 3 is 2.71 bits per heavy atom. The first-order valence-corrected chi connectivity index (χ1v) is 5.47. The molecule has 0 aliphatic carbocycles. The molecule has 1 aromatic heterocycles. The van der Waals surface area contributed by atoms with Crippen molar-refractivity contribution in [1.29, 1.82) is 0 Å². The first-order valence-electron chi connectivity index (χ1n) is 5.47. The van der Waals surface area contributed by atoms with Crippen LogP contribution >= 0.6 is 0 Å². The van der Waals surface area contributed by atoms with Gasteiger partial charge in [-0.3, -0.25) is 4.79 Å². The maximum absolute atomic E-state index is 11.9. The lowest BCUT2D eigenvalue weighted by molar-refractivity contribution is 0.102. The predicted octanol–water partition coefficient (Wildman–Crippen LogP) is 2.29. The van der Waals surface area contributed by atoms with Crippen molar-refractivity contribution in [3.63, 3.8) is 0 Å². The molecular weight excluding hydrogens is 214 g/mol. The van der Waals surface area contributed by atoms with Gasteiger partial charge in [0.1, 0.15) is 12.0 Å². The van der Waals surface area contributed by atoms with Gasteiger partial charge in [-0.2, -0.15) is 0 Å². The van der Waals surface area contributed by atoms with E-state index in [-0.39, 0.29) is 5.91 Å². The maximum Gasteiger partial charge on any atom is 0.274 e. The third-order valence-electron chi connectivity index (χ3n) is 2.35. The zero-order chi connectivity index (χ0) is 12.1. The summed E-state index contributed by atoms with van der Waals surface area (Å²) in [7, 11) is 0. The van der Waals surface area contributed by atoms with E-state index >= 15 is 0 Å². The highest BCUT2D eigenvalue weighted by molar-refractivity contribution is 6.02. The predicted molar refractivity (Wildman–Crippen MR) is 65.8 cm³/mol. The highest BCUT2D eigenvalue weighted by Gasteiger charge is 2.08. The molecule has 86 valence electrons. The third kappa shape index (κ3) is 2.87. The number of nitrogens with one attached hydrogen (secondary N) is 1. The van der Waals surface area contributed by atoms with Crippen LogP contribution in [0.4, 0.5) is 5.69 Å². The van der Waals surface area contributed by atoms with Gasteiger partial charge in [-0.1, -0.05) is 25.1 Å². The van der Waals surface area contributed by atoms with Crippen molar-refractivity contribution in [2.75, 3.05) is 5.32 Å². The fourth-order valence-corrected chi connectivity index (χ4v) is 1.43. The molecule has 0 saturated heterocycles. The Morgan fingerprint density at radius 1 is 1.24 bits per heavy atom. The van der Waals surface area contributed by atoms with E-state index < -0.39 is 0 Å². The van der Waals surface area contributed by atoms with Gasteiger partial charge in [-0.05, 0) is 24.6 Å². The number of para-hydroxylation sites is 1. The molecule has 1 N–H and O–H groups in total. The Morgan fingerprint density at radius 2 is 2.00 bits per heavy atom. The van der Waals surface area contributed by atoms with E-state index in [1.807, 2.05) is 37.3 Å². The topological polar surface area (TPSA) is 54.9 Å². The van der Waals surface area contributed by atoms with Gasteiger partial charge in [0.25, 0.3) is 5.91 Å². The average Bonchev–Trinajstić information content (AvgIpc) is 2.40. The minimum absolute atomic E-state index is 0.215. The number of carbonyl (C=O) groups is 1.